The Morgan fingerprint density at radius 2 is 1.71 bits per heavy atom. The summed E-state index contributed by atoms with van der Waals surface area (Å²) in [5, 5.41) is 27.0. The molecule has 0 saturated carbocycles. The standard InChI is InChI=1S/C12H14O5/c13-7-9(14)6-10(15)12(17)11(16)8-4-2-1-3-5-8/h1-5,9-10,13-15H,6-7H2/t9-,10+/m1/s1. The van der Waals surface area contributed by atoms with Crippen molar-refractivity contribution in [3.8, 4) is 0 Å². The van der Waals surface area contributed by atoms with E-state index >= 15 is 0 Å². The number of Topliss-reactive ketones (excluding diaryl/α,β-unsaturated/α-hetero) is 2. The topological polar surface area (TPSA) is 94.8 Å². The van der Waals surface area contributed by atoms with Crippen LogP contribution >= 0.6 is 0 Å². The Kier molecular flexibility index (Phi) is 4.96. The predicted octanol–water partition coefficient (Wildman–Crippen LogP) is -0.457. The van der Waals surface area contributed by atoms with Gasteiger partial charge in [-0.3, -0.25) is 9.59 Å². The van der Waals surface area contributed by atoms with Gasteiger partial charge in [-0.2, -0.15) is 0 Å². The minimum atomic E-state index is -1.59. The van der Waals surface area contributed by atoms with E-state index in [0.717, 1.165) is 0 Å². The van der Waals surface area contributed by atoms with Crippen LogP contribution < -0.4 is 0 Å². The molecule has 0 unspecified atom stereocenters. The zero-order chi connectivity index (χ0) is 12.8. The van der Waals surface area contributed by atoms with Crippen LogP contribution in [0.25, 0.3) is 0 Å². The molecule has 1 aromatic rings. The normalized spacial score (nSPS) is 14.1. The van der Waals surface area contributed by atoms with Crippen LogP contribution in [0.4, 0.5) is 0 Å². The third-order valence-electron chi connectivity index (χ3n) is 2.27. The Labute approximate surface area is 98.3 Å². The van der Waals surface area contributed by atoms with Crippen molar-refractivity contribution in [3.63, 3.8) is 0 Å². The average Bonchev–Trinajstić information content (AvgIpc) is 2.37. The Morgan fingerprint density at radius 1 is 1.12 bits per heavy atom. The predicted molar refractivity (Wildman–Crippen MR) is 59.5 cm³/mol. The largest absolute Gasteiger partial charge is 0.394 e. The Morgan fingerprint density at radius 3 is 2.24 bits per heavy atom. The number of hydrogen-bond acceptors (Lipinski definition) is 5. The van der Waals surface area contributed by atoms with Crippen molar-refractivity contribution in [2.75, 3.05) is 6.61 Å². The molecule has 0 aliphatic carbocycles. The molecule has 0 radical (unpaired) electrons. The monoisotopic (exact) mass is 238 g/mol. The third kappa shape index (κ3) is 3.74. The van der Waals surface area contributed by atoms with Crippen molar-refractivity contribution >= 4 is 11.6 Å². The maximum atomic E-state index is 11.6. The van der Waals surface area contributed by atoms with Gasteiger partial charge in [0.2, 0.25) is 11.6 Å². The molecule has 0 fully saturated rings. The van der Waals surface area contributed by atoms with Crippen LogP contribution in [-0.4, -0.2) is 45.7 Å². The van der Waals surface area contributed by atoms with Gasteiger partial charge in [0.15, 0.2) is 0 Å². The average molecular weight is 238 g/mol. The number of carbonyl (C=O) groups is 2. The first kappa shape index (κ1) is 13.5. The summed E-state index contributed by atoms with van der Waals surface area (Å²) in [7, 11) is 0. The third-order valence-corrected chi connectivity index (χ3v) is 2.27. The summed E-state index contributed by atoms with van der Waals surface area (Å²) in [5.41, 5.74) is 0.190. The minimum absolute atomic E-state index is 0.190. The van der Waals surface area contributed by atoms with E-state index in [1.54, 1.807) is 18.2 Å². The second kappa shape index (κ2) is 6.24. The first-order valence-electron chi connectivity index (χ1n) is 5.16. The number of ketones is 2. The molecule has 0 aliphatic heterocycles. The highest BCUT2D eigenvalue weighted by Crippen LogP contribution is 2.06. The van der Waals surface area contributed by atoms with Gasteiger partial charge in [0, 0.05) is 12.0 Å². The van der Waals surface area contributed by atoms with Crippen LogP contribution in [0.5, 0.6) is 0 Å². The summed E-state index contributed by atoms with van der Waals surface area (Å²) in [6, 6.07) is 7.85. The van der Waals surface area contributed by atoms with Gasteiger partial charge in [0.05, 0.1) is 12.7 Å². The van der Waals surface area contributed by atoms with Crippen molar-refractivity contribution in [1.82, 2.24) is 0 Å². The molecule has 17 heavy (non-hydrogen) atoms. The van der Waals surface area contributed by atoms with Gasteiger partial charge in [-0.25, -0.2) is 0 Å². The minimum Gasteiger partial charge on any atom is -0.394 e. The van der Waals surface area contributed by atoms with Gasteiger partial charge in [-0.05, 0) is 0 Å². The fourth-order valence-corrected chi connectivity index (χ4v) is 1.32. The van der Waals surface area contributed by atoms with Gasteiger partial charge in [-0.1, -0.05) is 30.3 Å². The lowest BCUT2D eigenvalue weighted by atomic mass is 10.0. The number of carbonyl (C=O) groups excluding carboxylic acids is 2. The molecule has 0 amide bonds. The van der Waals surface area contributed by atoms with E-state index in [-0.39, 0.29) is 12.0 Å². The van der Waals surface area contributed by atoms with E-state index in [2.05, 4.69) is 0 Å². The van der Waals surface area contributed by atoms with Crippen LogP contribution in [0.1, 0.15) is 16.8 Å². The summed E-state index contributed by atoms with van der Waals surface area (Å²) >= 11 is 0. The summed E-state index contributed by atoms with van der Waals surface area (Å²) < 4.78 is 0. The molecule has 92 valence electrons. The van der Waals surface area contributed by atoms with E-state index in [1.165, 1.54) is 12.1 Å². The van der Waals surface area contributed by atoms with E-state index in [1.807, 2.05) is 0 Å². The number of rotatable bonds is 6. The fourth-order valence-electron chi connectivity index (χ4n) is 1.32. The van der Waals surface area contributed by atoms with Gasteiger partial charge in [0.25, 0.3) is 0 Å². The lowest BCUT2D eigenvalue weighted by Gasteiger charge is -2.11. The van der Waals surface area contributed by atoms with Crippen molar-refractivity contribution in [2.45, 2.75) is 18.6 Å². The Hall–Kier alpha value is -1.56. The summed E-state index contributed by atoms with van der Waals surface area (Å²) in [6.45, 7) is -0.566. The van der Waals surface area contributed by atoms with Gasteiger partial charge >= 0.3 is 0 Å². The molecule has 0 saturated heterocycles. The Balaban J connectivity index is 2.67. The first-order chi connectivity index (χ1) is 8.06. The maximum absolute atomic E-state index is 11.6. The second-order valence-electron chi connectivity index (χ2n) is 3.65. The molecular weight excluding hydrogens is 224 g/mol. The van der Waals surface area contributed by atoms with Gasteiger partial charge < -0.3 is 15.3 Å². The first-order valence-corrected chi connectivity index (χ1v) is 5.16. The van der Waals surface area contributed by atoms with Crippen molar-refractivity contribution in [2.24, 2.45) is 0 Å². The highest BCUT2D eigenvalue weighted by atomic mass is 16.3. The summed E-state index contributed by atoms with van der Waals surface area (Å²) in [6.07, 6.45) is -3.16. The summed E-state index contributed by atoms with van der Waals surface area (Å²) in [4.78, 5) is 23.1. The molecule has 0 heterocycles. The zero-order valence-electron chi connectivity index (χ0n) is 9.11. The van der Waals surface area contributed by atoms with Crippen LogP contribution in [0, 0.1) is 0 Å². The molecule has 0 aliphatic rings. The molecule has 5 heteroatoms. The van der Waals surface area contributed by atoms with E-state index in [4.69, 9.17) is 10.2 Å². The lowest BCUT2D eigenvalue weighted by molar-refractivity contribution is -0.124. The molecule has 0 spiro atoms. The van der Waals surface area contributed by atoms with Crippen molar-refractivity contribution in [3.05, 3.63) is 35.9 Å². The van der Waals surface area contributed by atoms with Crippen LogP contribution in [0.15, 0.2) is 30.3 Å². The van der Waals surface area contributed by atoms with Gasteiger partial charge in [0.1, 0.15) is 6.10 Å². The fraction of sp³-hybridized carbons (Fsp3) is 0.333. The van der Waals surface area contributed by atoms with Crippen LogP contribution in [0.2, 0.25) is 0 Å². The molecule has 3 N–H and O–H groups in total. The van der Waals surface area contributed by atoms with Crippen LogP contribution in [-0.2, 0) is 4.79 Å². The summed E-state index contributed by atoms with van der Waals surface area (Å²) in [5.74, 6) is -1.79. The van der Waals surface area contributed by atoms with Gasteiger partial charge in [-0.15, -0.1) is 0 Å². The van der Waals surface area contributed by atoms with E-state index < -0.39 is 30.4 Å². The quantitative estimate of drug-likeness (QED) is 0.460. The highest BCUT2D eigenvalue weighted by molar-refractivity contribution is 6.45. The lowest BCUT2D eigenvalue weighted by Crippen LogP contribution is -2.32. The highest BCUT2D eigenvalue weighted by Gasteiger charge is 2.26. The smallest absolute Gasteiger partial charge is 0.231 e. The molecule has 0 aromatic heterocycles. The zero-order valence-corrected chi connectivity index (χ0v) is 9.11. The number of benzene rings is 1. The van der Waals surface area contributed by atoms with Crippen LogP contribution in [0.3, 0.4) is 0 Å². The maximum Gasteiger partial charge on any atom is 0.231 e. The number of hydrogen-bond donors (Lipinski definition) is 3. The molecule has 1 aromatic carbocycles. The molecule has 1 rings (SSSR count). The SMILES string of the molecule is O=C(C(=O)[C@@H](O)C[C@@H](O)CO)c1ccccc1. The number of aliphatic hydroxyl groups excluding tert-OH is 3. The molecule has 2 atom stereocenters. The molecule has 5 nitrogen and oxygen atoms in total. The molecular formula is C12H14O5. The molecule has 0 bridgehead atoms. The van der Waals surface area contributed by atoms with Crippen molar-refractivity contribution < 1.29 is 24.9 Å². The van der Waals surface area contributed by atoms with E-state index in [9.17, 15) is 14.7 Å². The van der Waals surface area contributed by atoms with Crippen molar-refractivity contribution in [1.29, 1.82) is 0 Å². The van der Waals surface area contributed by atoms with E-state index in [0.29, 0.717) is 0 Å². The number of aliphatic hydroxyl groups is 3. The second-order valence-corrected chi connectivity index (χ2v) is 3.65. The Bertz CT molecular complexity index is 387.